The molecule has 3 heterocycles. The van der Waals surface area contributed by atoms with Crippen LogP contribution in [0.15, 0.2) is 65.3 Å². The molecule has 0 aliphatic carbocycles. The average Bonchev–Trinajstić information content (AvgIpc) is 3.31. The molecule has 0 saturated carbocycles. The molecule has 0 radical (unpaired) electrons. The summed E-state index contributed by atoms with van der Waals surface area (Å²) in [6.45, 7) is 1.66. The summed E-state index contributed by atoms with van der Waals surface area (Å²) >= 11 is 0. The number of hydrogen-bond donors (Lipinski definition) is 0. The Hall–Kier alpha value is -3.62. The molecule has 0 N–H and O–H groups in total. The zero-order valence-electron chi connectivity index (χ0n) is 16.9. The summed E-state index contributed by atoms with van der Waals surface area (Å²) in [4.78, 5) is 10.2. The number of halogens is 3. The van der Waals surface area contributed by atoms with Gasteiger partial charge in [0, 0.05) is 48.8 Å². The predicted octanol–water partition coefficient (Wildman–Crippen LogP) is 5.35. The first-order valence-electron chi connectivity index (χ1n) is 10.2. The van der Waals surface area contributed by atoms with E-state index in [1.165, 1.54) is 0 Å². The van der Waals surface area contributed by atoms with E-state index < -0.39 is 12.1 Å². The standard InChI is InChI=1S/C23H19F3N4O2/c24-23(25,26)22-28-21(29-32-22)15-4-3-5-17(14-15)31-16-9-12-30(13-10-16)20-8-11-27-19-7-2-1-6-18(19)20/h1-8,11,14,16H,9-10,12-13H2. The molecule has 2 aromatic carbocycles. The van der Waals surface area contributed by atoms with Crippen LogP contribution in [-0.2, 0) is 6.18 Å². The minimum absolute atomic E-state index is 0.00519. The number of alkyl halides is 3. The first-order valence-corrected chi connectivity index (χ1v) is 10.2. The monoisotopic (exact) mass is 440 g/mol. The van der Waals surface area contributed by atoms with Crippen LogP contribution in [0.1, 0.15) is 18.7 Å². The fraction of sp³-hybridized carbons (Fsp3) is 0.261. The Bertz CT molecular complexity index is 1230. The Kier molecular flexibility index (Phi) is 5.16. The molecule has 6 nitrogen and oxygen atoms in total. The molecule has 32 heavy (non-hydrogen) atoms. The van der Waals surface area contributed by atoms with Crippen LogP contribution < -0.4 is 9.64 Å². The van der Waals surface area contributed by atoms with Crippen molar-refractivity contribution < 1.29 is 22.4 Å². The molecule has 1 aliphatic heterocycles. The largest absolute Gasteiger partial charge is 0.490 e. The van der Waals surface area contributed by atoms with Crippen molar-refractivity contribution in [3.05, 3.63) is 66.7 Å². The highest BCUT2D eigenvalue weighted by Crippen LogP contribution is 2.32. The van der Waals surface area contributed by atoms with E-state index in [4.69, 9.17) is 4.74 Å². The summed E-state index contributed by atoms with van der Waals surface area (Å²) in [5.41, 5.74) is 2.53. The molecule has 0 unspecified atom stereocenters. The minimum Gasteiger partial charge on any atom is -0.490 e. The zero-order valence-corrected chi connectivity index (χ0v) is 16.9. The van der Waals surface area contributed by atoms with Crippen LogP contribution in [0, 0.1) is 0 Å². The van der Waals surface area contributed by atoms with E-state index in [2.05, 4.69) is 30.6 Å². The van der Waals surface area contributed by atoms with E-state index in [0.29, 0.717) is 11.3 Å². The third-order valence-corrected chi connectivity index (χ3v) is 5.47. The number of pyridine rings is 1. The van der Waals surface area contributed by atoms with Gasteiger partial charge in [0.05, 0.1) is 5.52 Å². The SMILES string of the molecule is FC(F)(F)c1nc(-c2cccc(OC3CCN(c4ccnc5ccccc45)CC3)c2)no1. The number of benzene rings is 2. The second-order valence-corrected chi connectivity index (χ2v) is 7.60. The van der Waals surface area contributed by atoms with Gasteiger partial charge in [-0.25, -0.2) is 0 Å². The van der Waals surface area contributed by atoms with E-state index in [0.717, 1.165) is 42.5 Å². The molecule has 5 rings (SSSR count). The van der Waals surface area contributed by atoms with Crippen molar-refractivity contribution in [2.24, 2.45) is 0 Å². The molecule has 9 heteroatoms. The van der Waals surface area contributed by atoms with E-state index >= 15 is 0 Å². The lowest BCUT2D eigenvalue weighted by Gasteiger charge is -2.34. The normalized spacial score (nSPS) is 15.3. The number of piperidine rings is 1. The van der Waals surface area contributed by atoms with Crippen LogP contribution in [0.25, 0.3) is 22.3 Å². The van der Waals surface area contributed by atoms with Crippen LogP contribution >= 0.6 is 0 Å². The van der Waals surface area contributed by atoms with Gasteiger partial charge in [-0.05, 0) is 24.3 Å². The smallest absolute Gasteiger partial charge is 0.471 e. The molecule has 1 fully saturated rings. The molecule has 164 valence electrons. The van der Waals surface area contributed by atoms with E-state index in [1.54, 1.807) is 24.3 Å². The van der Waals surface area contributed by atoms with Crippen molar-refractivity contribution >= 4 is 16.6 Å². The van der Waals surface area contributed by atoms with Crippen molar-refractivity contribution in [3.8, 4) is 17.1 Å². The second kappa shape index (κ2) is 8.14. The molecule has 0 spiro atoms. The molecule has 0 bridgehead atoms. The number of para-hydroxylation sites is 1. The van der Waals surface area contributed by atoms with Gasteiger partial charge in [-0.3, -0.25) is 4.98 Å². The number of aromatic nitrogens is 3. The van der Waals surface area contributed by atoms with Gasteiger partial charge in [0.1, 0.15) is 11.9 Å². The van der Waals surface area contributed by atoms with Crippen LogP contribution in [0.5, 0.6) is 5.75 Å². The molecule has 1 aliphatic rings. The van der Waals surface area contributed by atoms with Gasteiger partial charge in [-0.1, -0.05) is 35.5 Å². The van der Waals surface area contributed by atoms with Gasteiger partial charge in [-0.15, -0.1) is 0 Å². The van der Waals surface area contributed by atoms with Crippen LogP contribution in [0.4, 0.5) is 18.9 Å². The van der Waals surface area contributed by atoms with Crippen LogP contribution in [0.2, 0.25) is 0 Å². The number of fused-ring (bicyclic) bond motifs is 1. The second-order valence-electron chi connectivity index (χ2n) is 7.60. The molecule has 2 aromatic heterocycles. The van der Waals surface area contributed by atoms with Crippen molar-refractivity contribution in [1.29, 1.82) is 0 Å². The Morgan fingerprint density at radius 1 is 1.00 bits per heavy atom. The van der Waals surface area contributed by atoms with E-state index in [1.807, 2.05) is 30.5 Å². The fourth-order valence-electron chi connectivity index (χ4n) is 3.93. The highest BCUT2D eigenvalue weighted by molar-refractivity contribution is 5.91. The molecule has 0 atom stereocenters. The summed E-state index contributed by atoms with van der Waals surface area (Å²) in [5.74, 6) is -0.925. The quantitative estimate of drug-likeness (QED) is 0.426. The van der Waals surface area contributed by atoms with Gasteiger partial charge in [0.2, 0.25) is 5.82 Å². The summed E-state index contributed by atoms with van der Waals surface area (Å²) in [7, 11) is 0. The molecule has 0 amide bonds. The zero-order chi connectivity index (χ0) is 22.1. The third-order valence-electron chi connectivity index (χ3n) is 5.47. The fourth-order valence-corrected chi connectivity index (χ4v) is 3.93. The first-order chi connectivity index (χ1) is 15.5. The maximum absolute atomic E-state index is 12.7. The first kappa shape index (κ1) is 20.3. The summed E-state index contributed by atoms with van der Waals surface area (Å²) < 4.78 is 48.6. The number of nitrogens with zero attached hydrogens (tertiary/aromatic N) is 4. The van der Waals surface area contributed by atoms with Gasteiger partial charge < -0.3 is 14.2 Å². The lowest BCUT2D eigenvalue weighted by Crippen LogP contribution is -2.38. The van der Waals surface area contributed by atoms with Crippen molar-refractivity contribution in [2.75, 3.05) is 18.0 Å². The van der Waals surface area contributed by atoms with Gasteiger partial charge in [-0.2, -0.15) is 18.2 Å². The van der Waals surface area contributed by atoms with Gasteiger partial charge in [0.25, 0.3) is 0 Å². The Balaban J connectivity index is 1.26. The number of anilines is 1. The Morgan fingerprint density at radius 2 is 1.81 bits per heavy atom. The highest BCUT2D eigenvalue weighted by atomic mass is 19.4. The average molecular weight is 440 g/mol. The molecule has 1 saturated heterocycles. The molecular formula is C23H19F3N4O2. The van der Waals surface area contributed by atoms with Crippen molar-refractivity contribution in [1.82, 2.24) is 15.1 Å². The summed E-state index contributed by atoms with van der Waals surface area (Å²) in [5, 5.41) is 4.56. The highest BCUT2D eigenvalue weighted by Gasteiger charge is 2.38. The topological polar surface area (TPSA) is 64.3 Å². The lowest BCUT2D eigenvalue weighted by molar-refractivity contribution is -0.159. The summed E-state index contributed by atoms with van der Waals surface area (Å²) in [6.07, 6.45) is -1.20. The van der Waals surface area contributed by atoms with Crippen LogP contribution in [-0.4, -0.2) is 34.3 Å². The van der Waals surface area contributed by atoms with E-state index in [-0.39, 0.29) is 11.9 Å². The number of ether oxygens (including phenoxy) is 1. The van der Waals surface area contributed by atoms with Gasteiger partial charge in [0.15, 0.2) is 0 Å². The van der Waals surface area contributed by atoms with E-state index in [9.17, 15) is 13.2 Å². The molecular weight excluding hydrogens is 421 g/mol. The maximum Gasteiger partial charge on any atom is 0.471 e. The van der Waals surface area contributed by atoms with Gasteiger partial charge >= 0.3 is 12.1 Å². The number of rotatable bonds is 4. The van der Waals surface area contributed by atoms with Crippen molar-refractivity contribution in [3.63, 3.8) is 0 Å². The number of hydrogen-bond acceptors (Lipinski definition) is 6. The minimum atomic E-state index is -4.67. The summed E-state index contributed by atoms with van der Waals surface area (Å²) in [6, 6.07) is 16.8. The Labute approximate surface area is 181 Å². The predicted molar refractivity (Wildman–Crippen MR) is 112 cm³/mol. The van der Waals surface area contributed by atoms with Crippen LogP contribution in [0.3, 0.4) is 0 Å². The lowest BCUT2D eigenvalue weighted by atomic mass is 10.1. The third kappa shape index (κ3) is 4.10. The maximum atomic E-state index is 12.7. The Morgan fingerprint density at radius 3 is 2.59 bits per heavy atom. The molecule has 4 aromatic rings. The van der Waals surface area contributed by atoms with Crippen molar-refractivity contribution in [2.45, 2.75) is 25.1 Å².